The molecule has 0 aromatic heterocycles. The van der Waals surface area contributed by atoms with Crippen molar-refractivity contribution in [1.82, 2.24) is 4.90 Å². The number of hydrogen-bond acceptors (Lipinski definition) is 2. The number of hydrogen-bond donors (Lipinski definition) is 1. The van der Waals surface area contributed by atoms with Crippen LogP contribution < -0.4 is 5.32 Å². The van der Waals surface area contributed by atoms with Gasteiger partial charge in [0.1, 0.15) is 6.10 Å². The van der Waals surface area contributed by atoms with E-state index in [0.717, 1.165) is 16.8 Å². The molecule has 0 radical (unpaired) electrons. The van der Waals surface area contributed by atoms with Crippen molar-refractivity contribution in [2.45, 2.75) is 13.0 Å². The van der Waals surface area contributed by atoms with Crippen LogP contribution in [0.2, 0.25) is 10.0 Å². The fourth-order valence-corrected chi connectivity index (χ4v) is 3.25. The second-order valence-electron chi connectivity index (χ2n) is 5.75. The van der Waals surface area contributed by atoms with Crippen molar-refractivity contribution in [3.05, 3.63) is 63.6 Å². The summed E-state index contributed by atoms with van der Waals surface area (Å²) in [6, 6.07) is 12.9. The Balaban J connectivity index is 1.71. The largest absolute Gasteiger partial charge is 0.370 e. The molecule has 1 atom stereocenters. The molecule has 1 fully saturated rings. The van der Waals surface area contributed by atoms with E-state index < -0.39 is 0 Å². The molecule has 0 saturated carbocycles. The summed E-state index contributed by atoms with van der Waals surface area (Å²) in [6.45, 7) is 3.43. The van der Waals surface area contributed by atoms with E-state index in [1.807, 2.05) is 43.3 Å². The molecule has 1 aliphatic heterocycles. The molecule has 2 amide bonds. The van der Waals surface area contributed by atoms with Crippen LogP contribution in [0, 0.1) is 6.92 Å². The van der Waals surface area contributed by atoms with Crippen molar-refractivity contribution >= 4 is 34.9 Å². The number of ether oxygens (including phenoxy) is 1. The van der Waals surface area contributed by atoms with Crippen molar-refractivity contribution in [3.63, 3.8) is 0 Å². The number of carbonyl (C=O) groups excluding carboxylic acids is 1. The highest BCUT2D eigenvalue weighted by atomic mass is 35.5. The second kappa shape index (κ2) is 7.43. The quantitative estimate of drug-likeness (QED) is 0.822. The molecule has 1 saturated heterocycles. The van der Waals surface area contributed by atoms with Gasteiger partial charge in [-0.25, -0.2) is 4.79 Å². The van der Waals surface area contributed by atoms with Gasteiger partial charge in [0.05, 0.1) is 13.2 Å². The Labute approximate surface area is 151 Å². The van der Waals surface area contributed by atoms with Gasteiger partial charge in [0.15, 0.2) is 0 Å². The summed E-state index contributed by atoms with van der Waals surface area (Å²) in [7, 11) is 0. The third-order valence-electron chi connectivity index (χ3n) is 4.00. The Bertz CT molecular complexity index is 731. The van der Waals surface area contributed by atoms with E-state index in [-0.39, 0.29) is 12.1 Å². The zero-order chi connectivity index (χ0) is 17.1. The van der Waals surface area contributed by atoms with E-state index in [4.69, 9.17) is 27.9 Å². The van der Waals surface area contributed by atoms with Crippen LogP contribution >= 0.6 is 23.2 Å². The fraction of sp³-hybridized carbons (Fsp3) is 0.278. The lowest BCUT2D eigenvalue weighted by Crippen LogP contribution is -2.44. The van der Waals surface area contributed by atoms with Crippen LogP contribution in [0.5, 0.6) is 0 Å². The first-order valence-corrected chi connectivity index (χ1v) is 8.47. The number of aryl methyl sites for hydroxylation is 1. The number of nitrogens with zero attached hydrogens (tertiary/aromatic N) is 1. The predicted molar refractivity (Wildman–Crippen MR) is 96.9 cm³/mol. The monoisotopic (exact) mass is 364 g/mol. The Morgan fingerprint density at radius 3 is 2.62 bits per heavy atom. The first-order valence-electron chi connectivity index (χ1n) is 7.72. The maximum absolute atomic E-state index is 12.5. The lowest BCUT2D eigenvalue weighted by atomic mass is 10.1. The summed E-state index contributed by atoms with van der Waals surface area (Å²) in [5.41, 5.74) is 2.72. The summed E-state index contributed by atoms with van der Waals surface area (Å²) in [6.07, 6.45) is -0.238. The molecule has 1 N–H and O–H groups in total. The molecule has 0 bridgehead atoms. The molecule has 1 heterocycles. The van der Waals surface area contributed by atoms with Gasteiger partial charge in [-0.15, -0.1) is 0 Å². The second-order valence-corrected chi connectivity index (χ2v) is 6.63. The Kier molecular flexibility index (Phi) is 5.29. The van der Waals surface area contributed by atoms with E-state index in [1.165, 1.54) is 0 Å². The Morgan fingerprint density at radius 1 is 1.21 bits per heavy atom. The molecule has 2 aromatic rings. The molecule has 3 rings (SSSR count). The summed E-state index contributed by atoms with van der Waals surface area (Å²) in [5, 5.41) is 4.07. The zero-order valence-corrected chi connectivity index (χ0v) is 14.8. The van der Waals surface area contributed by atoms with Crippen LogP contribution in [0.25, 0.3) is 0 Å². The molecule has 0 spiro atoms. The van der Waals surface area contributed by atoms with Gasteiger partial charge in [-0.05, 0) is 42.3 Å². The zero-order valence-electron chi connectivity index (χ0n) is 13.3. The van der Waals surface area contributed by atoms with Gasteiger partial charge in [0.2, 0.25) is 0 Å². The number of benzene rings is 2. The first kappa shape index (κ1) is 17.1. The van der Waals surface area contributed by atoms with E-state index >= 15 is 0 Å². The average molecular weight is 365 g/mol. The van der Waals surface area contributed by atoms with Crippen molar-refractivity contribution in [1.29, 1.82) is 0 Å². The van der Waals surface area contributed by atoms with Crippen molar-refractivity contribution in [3.8, 4) is 0 Å². The fourth-order valence-electron chi connectivity index (χ4n) is 2.70. The number of amides is 2. The predicted octanol–water partition coefficient (Wildman–Crippen LogP) is 4.91. The molecule has 126 valence electrons. The maximum atomic E-state index is 12.5. The number of anilines is 1. The minimum absolute atomic E-state index is 0.134. The van der Waals surface area contributed by atoms with Crippen LogP contribution in [0.3, 0.4) is 0 Å². The summed E-state index contributed by atoms with van der Waals surface area (Å²) < 4.78 is 5.79. The number of urea groups is 1. The van der Waals surface area contributed by atoms with Crippen LogP contribution in [0.4, 0.5) is 10.5 Å². The van der Waals surface area contributed by atoms with Gasteiger partial charge in [-0.1, -0.05) is 41.4 Å². The maximum Gasteiger partial charge on any atom is 0.322 e. The highest BCUT2D eigenvalue weighted by molar-refractivity contribution is 6.34. The summed E-state index contributed by atoms with van der Waals surface area (Å²) in [5.74, 6) is 0. The number of rotatable bonds is 2. The van der Waals surface area contributed by atoms with Crippen LogP contribution in [-0.4, -0.2) is 30.6 Å². The van der Waals surface area contributed by atoms with E-state index in [9.17, 15) is 4.79 Å². The average Bonchev–Trinajstić information content (AvgIpc) is 2.56. The summed E-state index contributed by atoms with van der Waals surface area (Å²) >= 11 is 12.1. The van der Waals surface area contributed by atoms with Gasteiger partial charge in [0, 0.05) is 22.3 Å². The third-order valence-corrected chi connectivity index (χ3v) is 4.43. The SMILES string of the molecule is Cc1ccccc1NC(=O)N1CCO[C@@H](c2cc(Cl)cc(Cl)c2)C1. The van der Waals surface area contributed by atoms with Crippen LogP contribution in [0.1, 0.15) is 17.2 Å². The van der Waals surface area contributed by atoms with Crippen LogP contribution in [0.15, 0.2) is 42.5 Å². The molecule has 2 aromatic carbocycles. The molecule has 1 aliphatic rings. The molecule has 24 heavy (non-hydrogen) atoms. The normalized spacial score (nSPS) is 17.6. The third kappa shape index (κ3) is 4.01. The number of nitrogens with one attached hydrogen (secondary N) is 1. The van der Waals surface area contributed by atoms with Gasteiger partial charge >= 0.3 is 6.03 Å². The molecule has 4 nitrogen and oxygen atoms in total. The number of para-hydroxylation sites is 1. The molecule has 0 unspecified atom stereocenters. The van der Waals surface area contributed by atoms with Crippen molar-refractivity contribution in [2.24, 2.45) is 0 Å². The van der Waals surface area contributed by atoms with E-state index in [2.05, 4.69) is 5.32 Å². The minimum Gasteiger partial charge on any atom is -0.370 e. The lowest BCUT2D eigenvalue weighted by Gasteiger charge is -2.33. The molecule has 0 aliphatic carbocycles. The Morgan fingerprint density at radius 2 is 1.92 bits per heavy atom. The first-order chi connectivity index (χ1) is 11.5. The molecular weight excluding hydrogens is 347 g/mol. The lowest BCUT2D eigenvalue weighted by molar-refractivity contribution is -0.0135. The van der Waals surface area contributed by atoms with Gasteiger partial charge < -0.3 is 15.0 Å². The standard InChI is InChI=1S/C18H18Cl2N2O2/c1-12-4-2-3-5-16(12)21-18(23)22-6-7-24-17(11-22)13-8-14(19)10-15(20)9-13/h2-5,8-10,17H,6-7,11H2,1H3,(H,21,23)/t17-/m1/s1. The van der Waals surface area contributed by atoms with E-state index in [0.29, 0.717) is 29.7 Å². The Hall–Kier alpha value is -1.75. The summed E-state index contributed by atoms with van der Waals surface area (Å²) in [4.78, 5) is 14.3. The molecule has 6 heteroatoms. The topological polar surface area (TPSA) is 41.6 Å². The van der Waals surface area contributed by atoms with Gasteiger partial charge in [-0.3, -0.25) is 0 Å². The molecular formula is C18H18Cl2N2O2. The highest BCUT2D eigenvalue weighted by Gasteiger charge is 2.26. The number of morpholine rings is 1. The smallest absolute Gasteiger partial charge is 0.322 e. The van der Waals surface area contributed by atoms with E-state index in [1.54, 1.807) is 11.0 Å². The number of halogens is 2. The van der Waals surface area contributed by atoms with Gasteiger partial charge in [-0.2, -0.15) is 0 Å². The van der Waals surface area contributed by atoms with Crippen molar-refractivity contribution in [2.75, 3.05) is 25.0 Å². The number of carbonyl (C=O) groups is 1. The van der Waals surface area contributed by atoms with Gasteiger partial charge in [0.25, 0.3) is 0 Å². The highest BCUT2D eigenvalue weighted by Crippen LogP contribution is 2.28. The van der Waals surface area contributed by atoms with Crippen LogP contribution in [-0.2, 0) is 4.74 Å². The minimum atomic E-state index is -0.238. The van der Waals surface area contributed by atoms with Crippen molar-refractivity contribution < 1.29 is 9.53 Å².